The Kier molecular flexibility index (Phi) is 5.22. The minimum atomic E-state index is -0.949. The molecule has 2 aromatic rings. The second kappa shape index (κ2) is 6.93. The van der Waals surface area contributed by atoms with Gasteiger partial charge in [-0.05, 0) is 23.8 Å². The van der Waals surface area contributed by atoms with Gasteiger partial charge in [0.1, 0.15) is 0 Å². The fourth-order valence-electron chi connectivity index (χ4n) is 1.90. The number of nitrogens with zero attached hydrogens (tertiary/aromatic N) is 2. The summed E-state index contributed by atoms with van der Waals surface area (Å²) in [4.78, 5) is 11.8. The van der Waals surface area contributed by atoms with E-state index in [2.05, 4.69) is 10.4 Å². The fourth-order valence-corrected chi connectivity index (χ4v) is 2.44. The van der Waals surface area contributed by atoms with E-state index in [9.17, 15) is 9.90 Å². The molecule has 0 fully saturated rings. The number of nitrogens with one attached hydrogen (secondary N) is 1. The monoisotopic (exact) mass is 327 g/mol. The molecule has 0 saturated carbocycles. The molecule has 1 amide bonds. The Morgan fingerprint density at radius 2 is 2.05 bits per heavy atom. The molecular formula is C14H15Cl2N3O2. The molecule has 1 aromatic heterocycles. The summed E-state index contributed by atoms with van der Waals surface area (Å²) in [5, 5.41) is 17.6. The summed E-state index contributed by atoms with van der Waals surface area (Å²) in [5.41, 5.74) is 1.41. The van der Waals surface area contributed by atoms with Gasteiger partial charge < -0.3 is 10.4 Å². The first kappa shape index (κ1) is 15.8. The molecule has 1 atom stereocenters. The molecular weight excluding hydrogens is 313 g/mol. The first-order valence-electron chi connectivity index (χ1n) is 6.32. The van der Waals surface area contributed by atoms with Crippen molar-refractivity contribution >= 4 is 29.1 Å². The summed E-state index contributed by atoms with van der Waals surface area (Å²) >= 11 is 11.7. The molecule has 2 rings (SSSR count). The van der Waals surface area contributed by atoms with E-state index < -0.39 is 6.10 Å². The molecule has 21 heavy (non-hydrogen) atoms. The summed E-state index contributed by atoms with van der Waals surface area (Å²) in [5.74, 6) is -0.262. The number of rotatable bonds is 5. The van der Waals surface area contributed by atoms with Crippen molar-refractivity contribution in [3.63, 3.8) is 0 Å². The average Bonchev–Trinajstić information content (AvgIpc) is 2.81. The molecule has 0 saturated heterocycles. The third-order valence-electron chi connectivity index (χ3n) is 2.90. The number of aliphatic hydroxyl groups is 1. The van der Waals surface area contributed by atoms with Gasteiger partial charge in [-0.15, -0.1) is 0 Å². The quantitative estimate of drug-likeness (QED) is 0.886. The van der Waals surface area contributed by atoms with Gasteiger partial charge in [0.2, 0.25) is 5.91 Å². The SMILES string of the molecule is Cn1cc(CNC(=O)CC(O)c2cc(Cl)cc(Cl)c2)cn1. The maximum Gasteiger partial charge on any atom is 0.223 e. The largest absolute Gasteiger partial charge is 0.388 e. The van der Waals surface area contributed by atoms with Crippen LogP contribution in [-0.4, -0.2) is 20.8 Å². The van der Waals surface area contributed by atoms with Crippen LogP contribution >= 0.6 is 23.2 Å². The molecule has 0 spiro atoms. The van der Waals surface area contributed by atoms with Gasteiger partial charge in [0, 0.05) is 35.4 Å². The molecule has 0 bridgehead atoms. The molecule has 0 aliphatic rings. The smallest absolute Gasteiger partial charge is 0.223 e. The highest BCUT2D eigenvalue weighted by Crippen LogP contribution is 2.25. The Hall–Kier alpha value is -1.56. The predicted octanol–water partition coefficient (Wildman–Crippen LogP) is 2.47. The highest BCUT2D eigenvalue weighted by molar-refractivity contribution is 6.34. The van der Waals surface area contributed by atoms with Crippen molar-refractivity contribution in [3.05, 3.63) is 51.8 Å². The number of benzene rings is 1. The van der Waals surface area contributed by atoms with Crippen molar-refractivity contribution in [1.29, 1.82) is 0 Å². The Balaban J connectivity index is 1.89. The topological polar surface area (TPSA) is 67.2 Å². The molecule has 7 heteroatoms. The van der Waals surface area contributed by atoms with Gasteiger partial charge in [-0.2, -0.15) is 5.10 Å². The van der Waals surface area contributed by atoms with Crippen molar-refractivity contribution in [2.45, 2.75) is 19.1 Å². The highest BCUT2D eigenvalue weighted by atomic mass is 35.5. The summed E-state index contributed by atoms with van der Waals surface area (Å²) in [7, 11) is 1.80. The summed E-state index contributed by atoms with van der Waals surface area (Å²) in [6.45, 7) is 0.371. The van der Waals surface area contributed by atoms with Gasteiger partial charge in [-0.25, -0.2) is 0 Å². The lowest BCUT2D eigenvalue weighted by Crippen LogP contribution is -2.24. The van der Waals surface area contributed by atoms with E-state index in [-0.39, 0.29) is 12.3 Å². The van der Waals surface area contributed by atoms with Crippen LogP contribution in [0.2, 0.25) is 10.0 Å². The minimum absolute atomic E-state index is 0.0586. The third-order valence-corrected chi connectivity index (χ3v) is 3.33. The van der Waals surface area contributed by atoms with Crippen LogP contribution in [0.3, 0.4) is 0 Å². The van der Waals surface area contributed by atoms with E-state index in [1.807, 2.05) is 6.20 Å². The number of carbonyl (C=O) groups excluding carboxylic acids is 1. The van der Waals surface area contributed by atoms with Crippen LogP contribution in [0.5, 0.6) is 0 Å². The first-order chi connectivity index (χ1) is 9.94. The Bertz CT molecular complexity index is 623. The maximum absolute atomic E-state index is 11.8. The summed E-state index contributed by atoms with van der Waals surface area (Å²) in [6, 6.07) is 4.75. The average molecular weight is 328 g/mol. The van der Waals surface area contributed by atoms with E-state index in [0.717, 1.165) is 5.56 Å². The van der Waals surface area contributed by atoms with Gasteiger partial charge in [0.15, 0.2) is 0 Å². The standard InChI is InChI=1S/C14H15Cl2N3O2/c1-19-8-9(7-18-19)6-17-14(21)5-13(20)10-2-11(15)4-12(16)3-10/h2-4,7-8,13,20H,5-6H2,1H3,(H,17,21). The molecule has 112 valence electrons. The Morgan fingerprint density at radius 1 is 1.38 bits per heavy atom. The molecule has 1 unspecified atom stereocenters. The van der Waals surface area contributed by atoms with Crippen molar-refractivity contribution in [2.24, 2.45) is 7.05 Å². The second-order valence-corrected chi connectivity index (χ2v) is 5.59. The Morgan fingerprint density at radius 3 is 2.62 bits per heavy atom. The van der Waals surface area contributed by atoms with E-state index in [1.54, 1.807) is 36.1 Å². The molecule has 1 heterocycles. The molecule has 5 nitrogen and oxygen atoms in total. The van der Waals surface area contributed by atoms with Gasteiger partial charge in [-0.1, -0.05) is 23.2 Å². The third kappa shape index (κ3) is 4.74. The number of hydrogen-bond donors (Lipinski definition) is 2. The van der Waals surface area contributed by atoms with Crippen LogP contribution in [-0.2, 0) is 18.4 Å². The van der Waals surface area contributed by atoms with Crippen molar-refractivity contribution in [1.82, 2.24) is 15.1 Å². The number of aromatic nitrogens is 2. The Labute approximate surface area is 132 Å². The van der Waals surface area contributed by atoms with Gasteiger partial charge in [0.25, 0.3) is 0 Å². The van der Waals surface area contributed by atoms with Gasteiger partial charge in [0.05, 0.1) is 18.7 Å². The predicted molar refractivity (Wildman–Crippen MR) is 81.1 cm³/mol. The highest BCUT2D eigenvalue weighted by Gasteiger charge is 2.14. The van der Waals surface area contributed by atoms with Gasteiger partial charge in [-0.3, -0.25) is 9.48 Å². The van der Waals surface area contributed by atoms with Crippen LogP contribution in [0.4, 0.5) is 0 Å². The van der Waals surface area contributed by atoms with Crippen LogP contribution in [0.1, 0.15) is 23.7 Å². The number of carbonyl (C=O) groups is 1. The minimum Gasteiger partial charge on any atom is -0.388 e. The molecule has 0 radical (unpaired) electrons. The van der Waals surface area contributed by atoms with E-state index >= 15 is 0 Å². The fraction of sp³-hybridized carbons (Fsp3) is 0.286. The maximum atomic E-state index is 11.8. The van der Waals surface area contributed by atoms with E-state index in [1.165, 1.54) is 0 Å². The lowest BCUT2D eigenvalue weighted by molar-refractivity contribution is -0.123. The zero-order valence-electron chi connectivity index (χ0n) is 11.4. The number of hydrogen-bond acceptors (Lipinski definition) is 3. The zero-order chi connectivity index (χ0) is 15.4. The lowest BCUT2D eigenvalue weighted by Gasteiger charge is -2.12. The zero-order valence-corrected chi connectivity index (χ0v) is 12.9. The van der Waals surface area contributed by atoms with Gasteiger partial charge >= 0.3 is 0 Å². The van der Waals surface area contributed by atoms with Crippen molar-refractivity contribution < 1.29 is 9.90 Å². The summed E-state index contributed by atoms with van der Waals surface area (Å²) in [6.07, 6.45) is 2.48. The normalized spacial score (nSPS) is 12.2. The van der Waals surface area contributed by atoms with Crippen molar-refractivity contribution in [2.75, 3.05) is 0 Å². The number of aryl methyl sites for hydroxylation is 1. The number of amides is 1. The molecule has 1 aromatic carbocycles. The van der Waals surface area contributed by atoms with E-state index in [4.69, 9.17) is 23.2 Å². The number of aliphatic hydroxyl groups excluding tert-OH is 1. The lowest BCUT2D eigenvalue weighted by atomic mass is 10.1. The van der Waals surface area contributed by atoms with E-state index in [0.29, 0.717) is 22.2 Å². The van der Waals surface area contributed by atoms with Crippen LogP contribution in [0.25, 0.3) is 0 Å². The number of halogens is 2. The second-order valence-electron chi connectivity index (χ2n) is 4.72. The molecule has 0 aliphatic carbocycles. The first-order valence-corrected chi connectivity index (χ1v) is 7.08. The van der Waals surface area contributed by atoms with Crippen LogP contribution < -0.4 is 5.32 Å². The van der Waals surface area contributed by atoms with Crippen LogP contribution in [0, 0.1) is 0 Å². The molecule has 0 aliphatic heterocycles. The molecule has 2 N–H and O–H groups in total. The summed E-state index contributed by atoms with van der Waals surface area (Å²) < 4.78 is 1.66. The van der Waals surface area contributed by atoms with Crippen molar-refractivity contribution in [3.8, 4) is 0 Å². The van der Waals surface area contributed by atoms with Crippen LogP contribution in [0.15, 0.2) is 30.6 Å².